The molecule has 4 heteroatoms. The van der Waals surface area contributed by atoms with Gasteiger partial charge in [0.2, 0.25) is 0 Å². The van der Waals surface area contributed by atoms with Gasteiger partial charge < -0.3 is 15.2 Å². The van der Waals surface area contributed by atoms with Crippen LogP contribution in [0.5, 0.6) is 11.5 Å². The molecule has 0 unspecified atom stereocenters. The second kappa shape index (κ2) is 6.10. The van der Waals surface area contributed by atoms with E-state index in [2.05, 4.69) is 5.32 Å². The first-order valence-corrected chi connectivity index (χ1v) is 6.31. The maximum atomic E-state index is 12.1. The van der Waals surface area contributed by atoms with Crippen LogP contribution in [0, 0.1) is 6.92 Å². The van der Waals surface area contributed by atoms with Gasteiger partial charge in [0.1, 0.15) is 17.1 Å². The number of carbonyl (C=O) groups excluding carboxylic acids is 1. The summed E-state index contributed by atoms with van der Waals surface area (Å²) in [6, 6.07) is 12.6. The number of aryl methyl sites for hydroxylation is 1. The van der Waals surface area contributed by atoms with E-state index in [-0.39, 0.29) is 17.2 Å². The largest absolute Gasteiger partial charge is 0.507 e. The molecule has 2 rings (SSSR count). The molecule has 0 aliphatic heterocycles. The molecule has 2 aromatic carbocycles. The lowest BCUT2D eigenvalue weighted by Gasteiger charge is -2.11. The topological polar surface area (TPSA) is 58.6 Å². The fourth-order valence-electron chi connectivity index (χ4n) is 1.89. The standard InChI is InChI=1S/C16H17NO3/c1-11-6-8-12(9-7-11)10-17-16(19)15-13(18)4-3-5-14(15)20-2/h3-9,18H,10H2,1-2H3,(H,17,19). The Kier molecular flexibility index (Phi) is 4.25. The molecule has 2 N–H and O–H groups in total. The number of hydrogen-bond donors (Lipinski definition) is 2. The van der Waals surface area contributed by atoms with Crippen molar-refractivity contribution in [3.63, 3.8) is 0 Å². The van der Waals surface area contributed by atoms with Crippen molar-refractivity contribution >= 4 is 5.91 Å². The van der Waals surface area contributed by atoms with E-state index in [0.29, 0.717) is 12.3 Å². The minimum Gasteiger partial charge on any atom is -0.507 e. The Labute approximate surface area is 118 Å². The second-order valence-electron chi connectivity index (χ2n) is 4.52. The minimum atomic E-state index is -0.361. The molecule has 1 amide bonds. The van der Waals surface area contributed by atoms with Crippen molar-refractivity contribution in [3.05, 3.63) is 59.2 Å². The summed E-state index contributed by atoms with van der Waals surface area (Å²) < 4.78 is 5.09. The lowest BCUT2D eigenvalue weighted by molar-refractivity contribution is 0.0945. The number of amides is 1. The Morgan fingerprint density at radius 3 is 2.55 bits per heavy atom. The molecule has 0 atom stereocenters. The molecule has 0 aromatic heterocycles. The molecule has 0 saturated carbocycles. The van der Waals surface area contributed by atoms with Gasteiger partial charge in [0, 0.05) is 6.54 Å². The van der Waals surface area contributed by atoms with E-state index in [9.17, 15) is 9.90 Å². The second-order valence-corrected chi connectivity index (χ2v) is 4.52. The van der Waals surface area contributed by atoms with Crippen LogP contribution < -0.4 is 10.1 Å². The van der Waals surface area contributed by atoms with E-state index in [1.54, 1.807) is 12.1 Å². The molecule has 0 bridgehead atoms. The van der Waals surface area contributed by atoms with Gasteiger partial charge in [-0.3, -0.25) is 4.79 Å². The average molecular weight is 271 g/mol. The smallest absolute Gasteiger partial charge is 0.259 e. The van der Waals surface area contributed by atoms with E-state index in [1.807, 2.05) is 31.2 Å². The minimum absolute atomic E-state index is 0.0919. The van der Waals surface area contributed by atoms with Crippen LogP contribution in [0.3, 0.4) is 0 Å². The lowest BCUT2D eigenvalue weighted by Crippen LogP contribution is -2.23. The molecule has 0 fully saturated rings. The van der Waals surface area contributed by atoms with Crippen LogP contribution in [0.2, 0.25) is 0 Å². The molecule has 0 heterocycles. The third-order valence-corrected chi connectivity index (χ3v) is 3.02. The maximum Gasteiger partial charge on any atom is 0.259 e. The first-order valence-electron chi connectivity index (χ1n) is 6.31. The monoisotopic (exact) mass is 271 g/mol. The normalized spacial score (nSPS) is 10.1. The number of methoxy groups -OCH3 is 1. The Morgan fingerprint density at radius 1 is 1.20 bits per heavy atom. The lowest BCUT2D eigenvalue weighted by atomic mass is 10.1. The van der Waals surface area contributed by atoms with Crippen molar-refractivity contribution in [1.82, 2.24) is 5.32 Å². The summed E-state index contributed by atoms with van der Waals surface area (Å²) in [6.45, 7) is 2.41. The zero-order valence-electron chi connectivity index (χ0n) is 11.5. The van der Waals surface area contributed by atoms with Crippen molar-refractivity contribution in [2.45, 2.75) is 13.5 Å². The van der Waals surface area contributed by atoms with Crippen LogP contribution in [0.4, 0.5) is 0 Å². The van der Waals surface area contributed by atoms with Gasteiger partial charge in [0.05, 0.1) is 7.11 Å². The third kappa shape index (κ3) is 3.09. The Bertz CT molecular complexity index is 606. The van der Waals surface area contributed by atoms with Crippen molar-refractivity contribution in [2.75, 3.05) is 7.11 Å². The highest BCUT2D eigenvalue weighted by Crippen LogP contribution is 2.26. The quantitative estimate of drug-likeness (QED) is 0.898. The highest BCUT2D eigenvalue weighted by atomic mass is 16.5. The van der Waals surface area contributed by atoms with Gasteiger partial charge in [-0.05, 0) is 24.6 Å². The van der Waals surface area contributed by atoms with Crippen molar-refractivity contribution in [2.24, 2.45) is 0 Å². The summed E-state index contributed by atoms with van der Waals surface area (Å²) in [6.07, 6.45) is 0. The molecule has 0 aliphatic rings. The van der Waals surface area contributed by atoms with Gasteiger partial charge >= 0.3 is 0 Å². The Balaban J connectivity index is 2.11. The average Bonchev–Trinajstić information content (AvgIpc) is 2.46. The van der Waals surface area contributed by atoms with Crippen molar-refractivity contribution < 1.29 is 14.6 Å². The number of nitrogens with one attached hydrogen (secondary N) is 1. The summed E-state index contributed by atoms with van der Waals surface area (Å²) in [5, 5.41) is 12.6. The first-order chi connectivity index (χ1) is 9.61. The van der Waals surface area contributed by atoms with E-state index in [4.69, 9.17) is 4.74 Å². The van der Waals surface area contributed by atoms with E-state index in [0.717, 1.165) is 5.56 Å². The molecular weight excluding hydrogens is 254 g/mol. The molecule has 0 radical (unpaired) electrons. The number of benzene rings is 2. The van der Waals surface area contributed by atoms with Gasteiger partial charge in [-0.1, -0.05) is 35.9 Å². The molecule has 2 aromatic rings. The summed E-state index contributed by atoms with van der Waals surface area (Å²) in [5.41, 5.74) is 2.32. The van der Waals surface area contributed by atoms with Gasteiger partial charge in [0.15, 0.2) is 0 Å². The summed E-state index contributed by atoms with van der Waals surface area (Å²) >= 11 is 0. The number of phenolic OH excluding ortho intramolecular Hbond substituents is 1. The van der Waals surface area contributed by atoms with Gasteiger partial charge in [-0.25, -0.2) is 0 Å². The fraction of sp³-hybridized carbons (Fsp3) is 0.188. The summed E-state index contributed by atoms with van der Waals surface area (Å²) in [4.78, 5) is 12.1. The van der Waals surface area contributed by atoms with E-state index < -0.39 is 0 Å². The predicted molar refractivity (Wildman–Crippen MR) is 77.0 cm³/mol. The van der Waals surface area contributed by atoms with Crippen LogP contribution in [0.25, 0.3) is 0 Å². The van der Waals surface area contributed by atoms with Crippen molar-refractivity contribution in [3.8, 4) is 11.5 Å². The number of ether oxygens (including phenoxy) is 1. The third-order valence-electron chi connectivity index (χ3n) is 3.02. The predicted octanol–water partition coefficient (Wildman–Crippen LogP) is 2.64. The SMILES string of the molecule is COc1cccc(O)c1C(=O)NCc1ccc(C)cc1. The molecular formula is C16H17NO3. The molecule has 0 saturated heterocycles. The fourth-order valence-corrected chi connectivity index (χ4v) is 1.89. The van der Waals surface area contributed by atoms with Crippen LogP contribution in [0.15, 0.2) is 42.5 Å². The molecule has 20 heavy (non-hydrogen) atoms. The number of aromatic hydroxyl groups is 1. The van der Waals surface area contributed by atoms with Crippen LogP contribution in [0.1, 0.15) is 21.5 Å². The van der Waals surface area contributed by atoms with E-state index in [1.165, 1.54) is 18.7 Å². The highest BCUT2D eigenvalue weighted by molar-refractivity contribution is 5.99. The van der Waals surface area contributed by atoms with Crippen LogP contribution >= 0.6 is 0 Å². The highest BCUT2D eigenvalue weighted by Gasteiger charge is 2.16. The molecule has 0 aliphatic carbocycles. The number of phenols is 1. The number of carbonyl (C=O) groups is 1. The van der Waals surface area contributed by atoms with Gasteiger partial charge in [0.25, 0.3) is 5.91 Å². The van der Waals surface area contributed by atoms with Gasteiger partial charge in [-0.15, -0.1) is 0 Å². The van der Waals surface area contributed by atoms with Crippen LogP contribution in [-0.2, 0) is 6.54 Å². The summed E-state index contributed by atoms with van der Waals surface area (Å²) in [7, 11) is 1.46. The zero-order chi connectivity index (χ0) is 14.5. The maximum absolute atomic E-state index is 12.1. The zero-order valence-corrected chi connectivity index (χ0v) is 11.5. The van der Waals surface area contributed by atoms with Gasteiger partial charge in [-0.2, -0.15) is 0 Å². The number of hydrogen-bond acceptors (Lipinski definition) is 3. The first kappa shape index (κ1) is 13.9. The Morgan fingerprint density at radius 2 is 1.90 bits per heavy atom. The summed E-state index contributed by atoms with van der Waals surface area (Å²) in [5.74, 6) is -0.0994. The number of rotatable bonds is 4. The van der Waals surface area contributed by atoms with Crippen molar-refractivity contribution in [1.29, 1.82) is 0 Å². The molecule has 104 valence electrons. The van der Waals surface area contributed by atoms with E-state index >= 15 is 0 Å². The molecule has 0 spiro atoms. The van der Waals surface area contributed by atoms with Crippen LogP contribution in [-0.4, -0.2) is 18.1 Å². The Hall–Kier alpha value is -2.49. The molecule has 4 nitrogen and oxygen atoms in total.